The van der Waals surface area contributed by atoms with Crippen molar-refractivity contribution in [1.29, 1.82) is 0 Å². The van der Waals surface area contributed by atoms with Crippen molar-refractivity contribution >= 4 is 23.7 Å². The molecule has 4 aliphatic rings. The van der Waals surface area contributed by atoms with Crippen LogP contribution in [0.4, 0.5) is 0 Å². The molecule has 1 aromatic carbocycles. The molecule has 5 atom stereocenters. The fourth-order valence-corrected chi connectivity index (χ4v) is 5.00. The Morgan fingerprint density at radius 3 is 2.81 bits per heavy atom. The molecule has 1 fully saturated rings. The normalized spacial score (nSPS) is 31.0. The summed E-state index contributed by atoms with van der Waals surface area (Å²) in [6.07, 6.45) is 7.99. The molecule has 1 aromatic heterocycles. The van der Waals surface area contributed by atoms with E-state index in [1.54, 1.807) is 13.1 Å². The highest BCUT2D eigenvalue weighted by atomic mass is 16.5. The van der Waals surface area contributed by atoms with Crippen LogP contribution in [-0.4, -0.2) is 57.2 Å². The van der Waals surface area contributed by atoms with Crippen LogP contribution in [0.15, 0.2) is 58.1 Å². The Bertz CT molecular complexity index is 1150. The summed E-state index contributed by atoms with van der Waals surface area (Å²) in [5.41, 5.74) is 2.67. The van der Waals surface area contributed by atoms with Gasteiger partial charge in [0.15, 0.2) is 5.82 Å². The standard InChI is InChI=1S/C23H21N5O3/c1-27-19(29)8-7-17-21(27)23(30)28(12-24-17)11-18-25-22(26-31-18)20-15-9-14(10-16(15)20)13-5-3-2-4-6-13/h2-9,12,15-17,20-21H,10-11H2,1H3. The smallest absolute Gasteiger partial charge is 0.253 e. The maximum absolute atomic E-state index is 12.9. The molecule has 156 valence electrons. The summed E-state index contributed by atoms with van der Waals surface area (Å²) in [6, 6.07) is 9.47. The second kappa shape index (κ2) is 6.73. The van der Waals surface area contributed by atoms with Gasteiger partial charge in [-0.3, -0.25) is 19.5 Å². The SMILES string of the molecule is CN1C(=O)C=CC2N=CN(Cc3nc(C4C5C=C(c6ccccc6)CC54)no3)C(=O)C21. The van der Waals surface area contributed by atoms with E-state index >= 15 is 0 Å². The zero-order valence-corrected chi connectivity index (χ0v) is 17.0. The van der Waals surface area contributed by atoms with Gasteiger partial charge in [-0.25, -0.2) is 0 Å². The van der Waals surface area contributed by atoms with Gasteiger partial charge in [0.25, 0.3) is 5.91 Å². The summed E-state index contributed by atoms with van der Waals surface area (Å²) >= 11 is 0. The molecule has 1 saturated carbocycles. The summed E-state index contributed by atoms with van der Waals surface area (Å²) in [7, 11) is 1.62. The van der Waals surface area contributed by atoms with Gasteiger partial charge in [0.1, 0.15) is 12.6 Å². The van der Waals surface area contributed by atoms with Crippen molar-refractivity contribution < 1.29 is 14.1 Å². The van der Waals surface area contributed by atoms with Crippen LogP contribution in [-0.2, 0) is 16.1 Å². The lowest BCUT2D eigenvalue weighted by Crippen LogP contribution is -2.57. The van der Waals surface area contributed by atoms with Crippen LogP contribution in [0.25, 0.3) is 5.57 Å². The van der Waals surface area contributed by atoms with Gasteiger partial charge in [0.05, 0.1) is 12.4 Å². The number of nitrogens with zero attached hydrogens (tertiary/aromatic N) is 5. The van der Waals surface area contributed by atoms with E-state index in [0.29, 0.717) is 23.6 Å². The van der Waals surface area contributed by atoms with Crippen molar-refractivity contribution in [3.8, 4) is 0 Å². The van der Waals surface area contributed by atoms with E-state index in [9.17, 15) is 9.59 Å². The number of aliphatic imine (C=N–C) groups is 1. The maximum Gasteiger partial charge on any atom is 0.253 e. The van der Waals surface area contributed by atoms with Crippen molar-refractivity contribution in [2.75, 3.05) is 7.05 Å². The van der Waals surface area contributed by atoms with Crippen LogP contribution in [0.5, 0.6) is 0 Å². The van der Waals surface area contributed by atoms with Gasteiger partial charge >= 0.3 is 0 Å². The molecular formula is C23H21N5O3. The Kier molecular flexibility index (Phi) is 3.96. The molecule has 0 radical (unpaired) electrons. The molecule has 2 aromatic rings. The van der Waals surface area contributed by atoms with Crippen LogP contribution in [0.3, 0.4) is 0 Å². The summed E-state index contributed by atoms with van der Waals surface area (Å²) in [4.78, 5) is 36.7. The minimum Gasteiger partial charge on any atom is -0.337 e. The van der Waals surface area contributed by atoms with Crippen LogP contribution >= 0.6 is 0 Å². The highest BCUT2D eigenvalue weighted by molar-refractivity contribution is 6.00. The largest absolute Gasteiger partial charge is 0.337 e. The first kappa shape index (κ1) is 18.2. The van der Waals surface area contributed by atoms with E-state index < -0.39 is 6.04 Å². The second-order valence-corrected chi connectivity index (χ2v) is 8.55. The topological polar surface area (TPSA) is 91.9 Å². The third-order valence-corrected chi connectivity index (χ3v) is 6.75. The van der Waals surface area contributed by atoms with Crippen LogP contribution in [0, 0.1) is 11.8 Å². The zero-order valence-electron chi connectivity index (χ0n) is 17.0. The molecule has 8 nitrogen and oxygen atoms in total. The Hall–Kier alpha value is -3.55. The quantitative estimate of drug-likeness (QED) is 0.762. The van der Waals surface area contributed by atoms with Gasteiger partial charge in [0, 0.05) is 19.0 Å². The number of fused-ring (bicyclic) bond motifs is 2. The minimum atomic E-state index is -0.630. The van der Waals surface area contributed by atoms with E-state index in [1.807, 2.05) is 6.07 Å². The molecule has 6 rings (SSSR count). The average Bonchev–Trinajstić information content (AvgIpc) is 3.12. The molecule has 2 aliphatic heterocycles. The molecule has 3 heterocycles. The molecule has 0 bridgehead atoms. The lowest BCUT2D eigenvalue weighted by molar-refractivity contribution is -0.141. The van der Waals surface area contributed by atoms with E-state index in [-0.39, 0.29) is 30.3 Å². The number of hydrogen-bond donors (Lipinski definition) is 0. The zero-order chi connectivity index (χ0) is 21.1. The summed E-state index contributed by atoms with van der Waals surface area (Å²) < 4.78 is 5.45. The number of aromatic nitrogens is 2. The summed E-state index contributed by atoms with van der Waals surface area (Å²) in [6.45, 7) is 0.150. The number of hydrogen-bond acceptors (Lipinski definition) is 6. The first-order valence-electron chi connectivity index (χ1n) is 10.5. The predicted molar refractivity (Wildman–Crippen MR) is 112 cm³/mol. The first-order chi connectivity index (χ1) is 15.1. The van der Waals surface area contributed by atoms with E-state index in [4.69, 9.17) is 4.52 Å². The number of rotatable bonds is 4. The molecule has 0 N–H and O–H groups in total. The van der Waals surface area contributed by atoms with Crippen molar-refractivity contribution in [2.45, 2.75) is 31.0 Å². The van der Waals surface area contributed by atoms with Crippen molar-refractivity contribution in [3.63, 3.8) is 0 Å². The molecule has 0 saturated heterocycles. The lowest BCUT2D eigenvalue weighted by Gasteiger charge is -2.37. The highest BCUT2D eigenvalue weighted by Crippen LogP contribution is 2.62. The monoisotopic (exact) mass is 415 g/mol. The average molecular weight is 415 g/mol. The molecular weight excluding hydrogens is 394 g/mol. The fraction of sp³-hybridized carbons (Fsp3) is 0.348. The van der Waals surface area contributed by atoms with Crippen molar-refractivity contribution in [3.05, 3.63) is 65.8 Å². The molecule has 0 spiro atoms. The fourth-order valence-electron chi connectivity index (χ4n) is 5.00. The van der Waals surface area contributed by atoms with Gasteiger partial charge in [-0.2, -0.15) is 4.98 Å². The number of likely N-dealkylation sites (N-methyl/N-ethyl adjacent to an activating group) is 1. The number of benzene rings is 1. The number of allylic oxidation sites excluding steroid dienone is 2. The van der Waals surface area contributed by atoms with E-state index in [2.05, 4.69) is 45.5 Å². The first-order valence-corrected chi connectivity index (χ1v) is 10.5. The van der Waals surface area contributed by atoms with Gasteiger partial charge in [-0.15, -0.1) is 0 Å². The maximum atomic E-state index is 12.9. The molecule has 2 amide bonds. The van der Waals surface area contributed by atoms with Crippen LogP contribution < -0.4 is 0 Å². The third-order valence-electron chi connectivity index (χ3n) is 6.75. The van der Waals surface area contributed by atoms with Crippen molar-refractivity contribution in [1.82, 2.24) is 19.9 Å². The Labute approximate surface area is 178 Å². The highest BCUT2D eigenvalue weighted by Gasteiger charge is 2.55. The van der Waals surface area contributed by atoms with Gasteiger partial charge in [0.2, 0.25) is 11.8 Å². The summed E-state index contributed by atoms with van der Waals surface area (Å²) in [5, 5.41) is 4.18. The van der Waals surface area contributed by atoms with Crippen LogP contribution in [0.1, 0.15) is 29.6 Å². The minimum absolute atomic E-state index is 0.150. The third kappa shape index (κ3) is 2.93. The number of carbonyl (C=O) groups excluding carboxylic acids is 2. The summed E-state index contributed by atoms with van der Waals surface area (Å²) in [5.74, 6) is 1.95. The molecule has 31 heavy (non-hydrogen) atoms. The molecule has 8 heteroatoms. The van der Waals surface area contributed by atoms with E-state index in [0.717, 1.165) is 6.42 Å². The van der Waals surface area contributed by atoms with Crippen molar-refractivity contribution in [2.24, 2.45) is 16.8 Å². The van der Waals surface area contributed by atoms with Gasteiger partial charge in [-0.05, 0) is 29.4 Å². The number of carbonyl (C=O) groups is 2. The lowest BCUT2D eigenvalue weighted by atomic mass is 10.0. The van der Waals surface area contributed by atoms with Crippen LogP contribution in [0.2, 0.25) is 0 Å². The van der Waals surface area contributed by atoms with E-state index in [1.165, 1.54) is 33.4 Å². The molecule has 5 unspecified atom stereocenters. The predicted octanol–water partition coefficient (Wildman–Crippen LogP) is 2.02. The molecule has 2 aliphatic carbocycles. The Morgan fingerprint density at radius 2 is 2.03 bits per heavy atom. The Morgan fingerprint density at radius 1 is 1.19 bits per heavy atom. The number of amides is 2. The Balaban J connectivity index is 1.14. The van der Waals surface area contributed by atoms with Gasteiger partial charge in [-0.1, -0.05) is 47.6 Å². The second-order valence-electron chi connectivity index (χ2n) is 8.55. The van der Waals surface area contributed by atoms with Gasteiger partial charge < -0.3 is 9.42 Å².